The number of hydrogen-bond donors (Lipinski definition) is 1. The van der Waals surface area contributed by atoms with Crippen molar-refractivity contribution in [3.63, 3.8) is 0 Å². The second-order valence-corrected chi connectivity index (χ2v) is 9.35. The van der Waals surface area contributed by atoms with Crippen molar-refractivity contribution in [1.82, 2.24) is 10.2 Å². The van der Waals surface area contributed by atoms with Gasteiger partial charge in [-0.1, -0.05) is 31.5 Å². The Balaban J connectivity index is 1.30. The van der Waals surface area contributed by atoms with E-state index in [4.69, 9.17) is 21.7 Å². The molecule has 10 heteroatoms. The summed E-state index contributed by atoms with van der Waals surface area (Å²) in [5, 5.41) is 3.21. The zero-order valence-electron chi connectivity index (χ0n) is 18.9. The van der Waals surface area contributed by atoms with Crippen LogP contribution in [0.2, 0.25) is 0 Å². The van der Waals surface area contributed by atoms with E-state index in [2.05, 4.69) is 5.32 Å². The number of benzene rings is 1. The van der Waals surface area contributed by atoms with E-state index in [-0.39, 0.29) is 18.6 Å². The molecule has 1 N–H and O–H groups in total. The summed E-state index contributed by atoms with van der Waals surface area (Å²) in [6.45, 7) is 2.95. The molecule has 180 valence electrons. The minimum atomic E-state index is -0.482. The molecule has 1 saturated carbocycles. The summed E-state index contributed by atoms with van der Waals surface area (Å²) in [5.74, 6) is 0.219. The summed E-state index contributed by atoms with van der Waals surface area (Å²) in [6, 6.07) is 4.79. The molecule has 3 fully saturated rings. The van der Waals surface area contributed by atoms with Crippen molar-refractivity contribution in [2.24, 2.45) is 5.92 Å². The Hall–Kier alpha value is -2.46. The smallest absolute Gasteiger partial charge is 0.414 e. The SMILES string of the molecule is COCC(=O)N1CCN(c2ccc(N3CC(CNC(=S)CC4CCC4)OC3=O)cc2F)CC1. The summed E-state index contributed by atoms with van der Waals surface area (Å²) in [5.41, 5.74) is 0.930. The number of cyclic esters (lactones) is 1. The summed E-state index contributed by atoms with van der Waals surface area (Å²) >= 11 is 5.40. The highest BCUT2D eigenvalue weighted by atomic mass is 32.1. The minimum absolute atomic E-state index is 0.0534. The third-order valence-electron chi connectivity index (χ3n) is 6.58. The number of nitrogens with zero attached hydrogens (tertiary/aromatic N) is 3. The number of hydrogen-bond acceptors (Lipinski definition) is 6. The minimum Gasteiger partial charge on any atom is -0.442 e. The molecule has 2 saturated heterocycles. The third-order valence-corrected chi connectivity index (χ3v) is 6.89. The Morgan fingerprint density at radius 2 is 2.03 bits per heavy atom. The number of anilines is 2. The van der Waals surface area contributed by atoms with Crippen LogP contribution >= 0.6 is 12.2 Å². The number of ether oxygens (including phenoxy) is 2. The number of nitrogens with one attached hydrogen (secondary N) is 1. The van der Waals surface area contributed by atoms with Crippen LogP contribution in [0.4, 0.5) is 20.6 Å². The van der Waals surface area contributed by atoms with Crippen LogP contribution in [0, 0.1) is 11.7 Å². The van der Waals surface area contributed by atoms with Crippen molar-refractivity contribution in [3.8, 4) is 0 Å². The van der Waals surface area contributed by atoms with E-state index in [0.717, 1.165) is 11.4 Å². The van der Waals surface area contributed by atoms with Crippen molar-refractivity contribution >= 4 is 40.6 Å². The molecule has 4 rings (SSSR count). The summed E-state index contributed by atoms with van der Waals surface area (Å²) < 4.78 is 25.3. The molecule has 1 atom stereocenters. The lowest BCUT2D eigenvalue weighted by molar-refractivity contribution is -0.135. The zero-order chi connectivity index (χ0) is 23.4. The Kier molecular flexibility index (Phi) is 7.64. The van der Waals surface area contributed by atoms with Crippen LogP contribution in [0.3, 0.4) is 0 Å². The van der Waals surface area contributed by atoms with E-state index < -0.39 is 11.9 Å². The average Bonchev–Trinajstić information content (AvgIpc) is 3.15. The number of piperazine rings is 1. The fraction of sp³-hybridized carbons (Fsp3) is 0.609. The number of amides is 2. The van der Waals surface area contributed by atoms with E-state index in [0.29, 0.717) is 56.6 Å². The first-order chi connectivity index (χ1) is 15.9. The van der Waals surface area contributed by atoms with Gasteiger partial charge in [-0.25, -0.2) is 9.18 Å². The highest BCUT2D eigenvalue weighted by molar-refractivity contribution is 7.80. The molecular formula is C23H31FN4O4S. The monoisotopic (exact) mass is 478 g/mol. The van der Waals surface area contributed by atoms with Gasteiger partial charge in [-0.2, -0.15) is 0 Å². The molecule has 1 aromatic rings. The molecule has 2 heterocycles. The molecule has 0 aromatic heterocycles. The van der Waals surface area contributed by atoms with E-state index >= 15 is 0 Å². The number of rotatable bonds is 8. The highest BCUT2D eigenvalue weighted by Crippen LogP contribution is 2.30. The van der Waals surface area contributed by atoms with E-state index in [9.17, 15) is 14.0 Å². The molecule has 33 heavy (non-hydrogen) atoms. The molecule has 1 unspecified atom stereocenters. The summed E-state index contributed by atoms with van der Waals surface area (Å²) in [6.07, 6.45) is 3.82. The fourth-order valence-corrected chi connectivity index (χ4v) is 4.75. The van der Waals surface area contributed by atoms with Gasteiger partial charge in [0.2, 0.25) is 5.91 Å². The molecule has 0 radical (unpaired) electrons. The van der Waals surface area contributed by atoms with Crippen molar-refractivity contribution in [2.45, 2.75) is 31.8 Å². The van der Waals surface area contributed by atoms with Gasteiger partial charge in [-0.05, 0) is 24.1 Å². The number of methoxy groups -OCH3 is 1. The molecule has 2 aliphatic heterocycles. The largest absolute Gasteiger partial charge is 0.442 e. The number of thiocarbonyl (C=S) groups is 1. The fourth-order valence-electron chi connectivity index (χ4n) is 4.43. The normalized spacial score (nSPS) is 21.1. The zero-order valence-corrected chi connectivity index (χ0v) is 19.7. The van der Waals surface area contributed by atoms with Crippen molar-refractivity contribution in [2.75, 3.05) is 62.8 Å². The Labute approximate surface area is 199 Å². The van der Waals surface area contributed by atoms with Crippen LogP contribution in [-0.2, 0) is 14.3 Å². The number of carbonyl (C=O) groups is 2. The summed E-state index contributed by atoms with van der Waals surface area (Å²) in [4.78, 5) is 30.2. The third kappa shape index (κ3) is 5.73. The second-order valence-electron chi connectivity index (χ2n) is 8.86. The van der Waals surface area contributed by atoms with Crippen LogP contribution in [0.1, 0.15) is 25.7 Å². The maximum absolute atomic E-state index is 15.0. The van der Waals surface area contributed by atoms with Crippen LogP contribution in [-0.4, -0.2) is 81.0 Å². The van der Waals surface area contributed by atoms with Crippen LogP contribution in [0.5, 0.6) is 0 Å². The van der Waals surface area contributed by atoms with Gasteiger partial charge in [0.05, 0.1) is 29.5 Å². The average molecular weight is 479 g/mol. The molecule has 0 bridgehead atoms. The molecule has 1 aromatic carbocycles. The van der Waals surface area contributed by atoms with E-state index in [1.807, 2.05) is 4.90 Å². The van der Waals surface area contributed by atoms with Crippen LogP contribution in [0.25, 0.3) is 0 Å². The standard InChI is InChI=1S/C23H31FN4O4S/c1-31-15-22(29)27-9-7-26(8-10-27)20-6-5-17(12-19(20)24)28-14-18(32-23(28)30)13-25-21(33)11-16-3-2-4-16/h5-6,12,16,18H,2-4,7-11,13-15H2,1H3,(H,25,33). The first-order valence-electron chi connectivity index (χ1n) is 11.5. The van der Waals surface area contributed by atoms with Gasteiger partial charge in [-0.15, -0.1) is 0 Å². The molecular weight excluding hydrogens is 447 g/mol. The molecule has 8 nitrogen and oxygen atoms in total. The molecule has 2 amide bonds. The van der Waals surface area contributed by atoms with Crippen molar-refractivity contribution in [3.05, 3.63) is 24.0 Å². The Bertz CT molecular complexity index is 889. The van der Waals surface area contributed by atoms with Crippen LogP contribution in [0.15, 0.2) is 18.2 Å². The van der Waals surface area contributed by atoms with E-state index in [1.54, 1.807) is 17.0 Å². The molecule has 3 aliphatic rings. The predicted octanol–water partition coefficient (Wildman–Crippen LogP) is 2.55. The van der Waals surface area contributed by atoms with Crippen molar-refractivity contribution in [1.29, 1.82) is 0 Å². The first-order valence-corrected chi connectivity index (χ1v) is 11.9. The van der Waals surface area contributed by atoms with Gasteiger partial charge < -0.3 is 24.6 Å². The Morgan fingerprint density at radius 3 is 2.67 bits per heavy atom. The van der Waals surface area contributed by atoms with Gasteiger partial charge in [0, 0.05) is 39.7 Å². The maximum atomic E-state index is 15.0. The quantitative estimate of drug-likeness (QED) is 0.576. The lowest BCUT2D eigenvalue weighted by Gasteiger charge is -2.36. The van der Waals surface area contributed by atoms with Gasteiger partial charge in [0.25, 0.3) is 0 Å². The molecule has 1 aliphatic carbocycles. The number of carbonyl (C=O) groups excluding carboxylic acids is 2. The Morgan fingerprint density at radius 1 is 1.27 bits per heavy atom. The van der Waals surface area contributed by atoms with Gasteiger partial charge in [0.15, 0.2) is 0 Å². The summed E-state index contributed by atoms with van der Waals surface area (Å²) in [7, 11) is 1.49. The first kappa shape index (κ1) is 23.7. The van der Waals surface area contributed by atoms with Crippen LogP contribution < -0.4 is 15.1 Å². The highest BCUT2D eigenvalue weighted by Gasteiger charge is 2.33. The van der Waals surface area contributed by atoms with Gasteiger partial charge >= 0.3 is 6.09 Å². The van der Waals surface area contributed by atoms with Gasteiger partial charge in [-0.3, -0.25) is 9.69 Å². The second kappa shape index (κ2) is 10.6. The van der Waals surface area contributed by atoms with Crippen molar-refractivity contribution < 1.29 is 23.5 Å². The maximum Gasteiger partial charge on any atom is 0.414 e. The lowest BCUT2D eigenvalue weighted by atomic mass is 9.83. The topological polar surface area (TPSA) is 74.3 Å². The number of halogens is 1. The molecule has 0 spiro atoms. The predicted molar refractivity (Wildman–Crippen MR) is 127 cm³/mol. The van der Waals surface area contributed by atoms with Gasteiger partial charge in [0.1, 0.15) is 18.5 Å². The van der Waals surface area contributed by atoms with E-state index in [1.165, 1.54) is 37.3 Å². The lowest BCUT2D eigenvalue weighted by Crippen LogP contribution is -2.50.